The molecule has 8 nitrogen and oxygen atoms in total. The van der Waals surface area contributed by atoms with Gasteiger partial charge in [0.1, 0.15) is 5.75 Å². The summed E-state index contributed by atoms with van der Waals surface area (Å²) < 4.78 is 16.3. The number of carbonyl (C=O) groups is 2. The Labute approximate surface area is 192 Å². The standard InChI is InChI=1S/C25H27N3O5/c1-3-15-32-22-14-9-18(16-23(22)31-2)25(30)28-27-24(29)17-33-21-12-10-20(11-13-21)26-19-7-5-4-6-8-19/h4-14,16,26H,3,15,17H2,1-2H3,(H,27,29)(H,28,30). The van der Waals surface area contributed by atoms with Gasteiger partial charge in [0.15, 0.2) is 18.1 Å². The Morgan fingerprint density at radius 1 is 0.818 bits per heavy atom. The normalized spacial score (nSPS) is 10.1. The second-order valence-corrected chi connectivity index (χ2v) is 7.02. The number of hydrazine groups is 1. The molecule has 0 saturated heterocycles. The van der Waals surface area contributed by atoms with Gasteiger partial charge in [0.05, 0.1) is 13.7 Å². The highest BCUT2D eigenvalue weighted by molar-refractivity contribution is 5.96. The van der Waals surface area contributed by atoms with Crippen LogP contribution in [0.15, 0.2) is 72.8 Å². The number of amides is 2. The minimum absolute atomic E-state index is 0.251. The first kappa shape index (κ1) is 23.5. The van der Waals surface area contributed by atoms with Crippen molar-refractivity contribution in [2.45, 2.75) is 13.3 Å². The van der Waals surface area contributed by atoms with Crippen molar-refractivity contribution in [3.8, 4) is 17.2 Å². The van der Waals surface area contributed by atoms with E-state index in [4.69, 9.17) is 14.2 Å². The first-order valence-electron chi connectivity index (χ1n) is 10.5. The predicted molar refractivity (Wildman–Crippen MR) is 126 cm³/mol. The zero-order valence-corrected chi connectivity index (χ0v) is 18.6. The van der Waals surface area contributed by atoms with Gasteiger partial charge in [0, 0.05) is 16.9 Å². The molecule has 0 aliphatic heterocycles. The molecule has 172 valence electrons. The molecule has 0 unspecified atom stereocenters. The quantitative estimate of drug-likeness (QED) is 0.404. The summed E-state index contributed by atoms with van der Waals surface area (Å²) >= 11 is 0. The third kappa shape index (κ3) is 7.17. The average Bonchev–Trinajstić information content (AvgIpc) is 2.86. The minimum atomic E-state index is -0.496. The van der Waals surface area contributed by atoms with E-state index >= 15 is 0 Å². The molecule has 0 atom stereocenters. The van der Waals surface area contributed by atoms with E-state index in [1.807, 2.05) is 49.4 Å². The van der Waals surface area contributed by atoms with Gasteiger partial charge in [-0.1, -0.05) is 25.1 Å². The molecule has 0 fully saturated rings. The molecule has 3 rings (SSSR count). The summed E-state index contributed by atoms with van der Waals surface area (Å²) in [5.74, 6) is 0.543. The highest BCUT2D eigenvalue weighted by Crippen LogP contribution is 2.28. The molecule has 0 aromatic heterocycles. The maximum atomic E-state index is 12.3. The fraction of sp³-hybridized carbons (Fsp3) is 0.200. The van der Waals surface area contributed by atoms with Crippen LogP contribution in [0.2, 0.25) is 0 Å². The number of rotatable bonds is 10. The van der Waals surface area contributed by atoms with E-state index in [9.17, 15) is 9.59 Å². The number of anilines is 2. The molecule has 3 N–H and O–H groups in total. The SMILES string of the molecule is CCCOc1ccc(C(=O)NNC(=O)COc2ccc(Nc3ccccc3)cc2)cc1OC. The fourth-order valence-corrected chi connectivity index (χ4v) is 2.85. The van der Waals surface area contributed by atoms with Crippen LogP contribution < -0.4 is 30.4 Å². The molecule has 3 aromatic carbocycles. The van der Waals surface area contributed by atoms with Crippen molar-refractivity contribution in [2.24, 2.45) is 0 Å². The summed E-state index contributed by atoms with van der Waals surface area (Å²) in [5.41, 5.74) is 6.88. The molecule has 0 saturated carbocycles. The molecule has 0 aliphatic rings. The Bertz CT molecular complexity index is 1060. The van der Waals surface area contributed by atoms with Crippen molar-refractivity contribution in [3.05, 3.63) is 78.4 Å². The molecule has 0 spiro atoms. The second-order valence-electron chi connectivity index (χ2n) is 7.02. The van der Waals surface area contributed by atoms with Crippen molar-refractivity contribution in [1.29, 1.82) is 0 Å². The van der Waals surface area contributed by atoms with Crippen LogP contribution in [0.25, 0.3) is 0 Å². The lowest BCUT2D eigenvalue weighted by atomic mass is 10.2. The van der Waals surface area contributed by atoms with E-state index in [2.05, 4.69) is 16.2 Å². The summed E-state index contributed by atoms with van der Waals surface area (Å²) in [6, 6.07) is 21.8. The molecule has 0 aliphatic carbocycles. The van der Waals surface area contributed by atoms with E-state index in [0.717, 1.165) is 17.8 Å². The number of nitrogens with one attached hydrogen (secondary N) is 3. The minimum Gasteiger partial charge on any atom is -0.493 e. The van der Waals surface area contributed by atoms with Gasteiger partial charge in [0.2, 0.25) is 0 Å². The number of ether oxygens (including phenoxy) is 3. The van der Waals surface area contributed by atoms with Crippen molar-refractivity contribution >= 4 is 23.2 Å². The van der Waals surface area contributed by atoms with Gasteiger partial charge in [-0.3, -0.25) is 20.4 Å². The zero-order valence-electron chi connectivity index (χ0n) is 18.6. The highest BCUT2D eigenvalue weighted by atomic mass is 16.5. The highest BCUT2D eigenvalue weighted by Gasteiger charge is 2.12. The Morgan fingerprint density at radius 3 is 2.24 bits per heavy atom. The first-order chi connectivity index (χ1) is 16.1. The number of hydrogen-bond acceptors (Lipinski definition) is 6. The molecule has 0 bridgehead atoms. The van der Waals surface area contributed by atoms with Crippen LogP contribution in [0.4, 0.5) is 11.4 Å². The van der Waals surface area contributed by atoms with Crippen LogP contribution in [0.1, 0.15) is 23.7 Å². The van der Waals surface area contributed by atoms with E-state index in [1.54, 1.807) is 30.3 Å². The molecule has 0 heterocycles. The maximum Gasteiger partial charge on any atom is 0.276 e. The lowest BCUT2D eigenvalue weighted by Crippen LogP contribution is -2.43. The topological polar surface area (TPSA) is 97.9 Å². The van der Waals surface area contributed by atoms with E-state index in [0.29, 0.717) is 29.4 Å². The van der Waals surface area contributed by atoms with E-state index in [1.165, 1.54) is 7.11 Å². The molecule has 8 heteroatoms. The molecule has 33 heavy (non-hydrogen) atoms. The van der Waals surface area contributed by atoms with E-state index < -0.39 is 11.8 Å². The monoisotopic (exact) mass is 449 g/mol. The van der Waals surface area contributed by atoms with Crippen LogP contribution >= 0.6 is 0 Å². The lowest BCUT2D eigenvalue weighted by molar-refractivity contribution is -0.123. The number of para-hydroxylation sites is 1. The maximum absolute atomic E-state index is 12.3. The molecule has 3 aromatic rings. The average molecular weight is 450 g/mol. The van der Waals surface area contributed by atoms with Gasteiger partial charge in [-0.2, -0.15) is 0 Å². The van der Waals surface area contributed by atoms with Crippen molar-refractivity contribution in [2.75, 3.05) is 25.6 Å². The Morgan fingerprint density at radius 2 is 1.55 bits per heavy atom. The van der Waals surface area contributed by atoms with Crippen LogP contribution in [0.3, 0.4) is 0 Å². The van der Waals surface area contributed by atoms with Gasteiger partial charge < -0.3 is 19.5 Å². The van der Waals surface area contributed by atoms with Crippen LogP contribution in [-0.4, -0.2) is 32.1 Å². The molecular weight excluding hydrogens is 422 g/mol. The number of methoxy groups -OCH3 is 1. The number of carbonyl (C=O) groups excluding carboxylic acids is 2. The van der Waals surface area contributed by atoms with Crippen molar-refractivity contribution in [3.63, 3.8) is 0 Å². The summed E-state index contributed by atoms with van der Waals surface area (Å²) in [4.78, 5) is 24.4. The van der Waals surface area contributed by atoms with Gasteiger partial charge in [-0.15, -0.1) is 0 Å². The molecular formula is C25H27N3O5. The smallest absolute Gasteiger partial charge is 0.276 e. The summed E-state index contributed by atoms with van der Waals surface area (Å²) in [7, 11) is 1.50. The third-order valence-electron chi connectivity index (χ3n) is 4.49. The number of benzene rings is 3. The molecule has 0 radical (unpaired) electrons. The lowest BCUT2D eigenvalue weighted by Gasteiger charge is -2.12. The van der Waals surface area contributed by atoms with Crippen LogP contribution in [0, 0.1) is 0 Å². The van der Waals surface area contributed by atoms with E-state index in [-0.39, 0.29) is 6.61 Å². The van der Waals surface area contributed by atoms with Crippen LogP contribution in [0.5, 0.6) is 17.2 Å². The second kappa shape index (κ2) is 12.0. The fourth-order valence-electron chi connectivity index (χ4n) is 2.85. The first-order valence-corrected chi connectivity index (χ1v) is 10.5. The van der Waals surface area contributed by atoms with Gasteiger partial charge in [-0.05, 0) is 61.0 Å². The van der Waals surface area contributed by atoms with Gasteiger partial charge in [-0.25, -0.2) is 0 Å². The Kier molecular flexibility index (Phi) is 8.53. The predicted octanol–water partition coefficient (Wildman–Crippen LogP) is 4.07. The summed E-state index contributed by atoms with van der Waals surface area (Å²) in [6.45, 7) is 2.29. The molecule has 2 amide bonds. The van der Waals surface area contributed by atoms with Crippen LogP contribution in [-0.2, 0) is 4.79 Å². The van der Waals surface area contributed by atoms with Crippen molar-refractivity contribution < 1.29 is 23.8 Å². The Balaban J connectivity index is 1.45. The summed E-state index contributed by atoms with van der Waals surface area (Å²) in [6.07, 6.45) is 0.855. The van der Waals surface area contributed by atoms with Crippen molar-refractivity contribution in [1.82, 2.24) is 10.9 Å². The van der Waals surface area contributed by atoms with Gasteiger partial charge in [0.25, 0.3) is 11.8 Å². The zero-order chi connectivity index (χ0) is 23.5. The number of hydrogen-bond donors (Lipinski definition) is 3. The van der Waals surface area contributed by atoms with Gasteiger partial charge >= 0.3 is 0 Å². The summed E-state index contributed by atoms with van der Waals surface area (Å²) in [5, 5.41) is 3.27. The largest absolute Gasteiger partial charge is 0.493 e. The Hall–Kier alpha value is -4.20. The third-order valence-corrected chi connectivity index (χ3v) is 4.49.